The van der Waals surface area contributed by atoms with E-state index in [1.54, 1.807) is 0 Å². The van der Waals surface area contributed by atoms with Gasteiger partial charge in [0.2, 0.25) is 6.41 Å². The van der Waals surface area contributed by atoms with Crippen molar-refractivity contribution in [2.75, 3.05) is 6.54 Å². The van der Waals surface area contributed by atoms with Crippen LogP contribution >= 0.6 is 11.6 Å². The molecule has 0 unspecified atom stereocenters. The van der Waals surface area contributed by atoms with E-state index in [0.717, 1.165) is 11.4 Å². The Bertz CT molecular complexity index is 299. The molecule has 0 aliphatic carbocycles. The third-order valence-electron chi connectivity index (χ3n) is 1.93. The van der Waals surface area contributed by atoms with Crippen molar-refractivity contribution in [1.29, 1.82) is 0 Å². The molecular formula is C10H12ClNO. The summed E-state index contributed by atoms with van der Waals surface area (Å²) in [4.78, 5) is 10.0. The third-order valence-corrected chi connectivity index (χ3v) is 2.16. The first-order valence-electron chi connectivity index (χ1n) is 4.16. The van der Waals surface area contributed by atoms with Crippen LogP contribution in [0.3, 0.4) is 0 Å². The van der Waals surface area contributed by atoms with Crippen molar-refractivity contribution in [2.45, 2.75) is 13.3 Å². The van der Waals surface area contributed by atoms with E-state index in [1.165, 1.54) is 11.1 Å². The van der Waals surface area contributed by atoms with E-state index < -0.39 is 0 Å². The fraction of sp³-hybridized carbons (Fsp3) is 0.300. The van der Waals surface area contributed by atoms with Gasteiger partial charge in [-0.1, -0.05) is 17.7 Å². The highest BCUT2D eigenvalue weighted by Gasteiger charge is 1.97. The van der Waals surface area contributed by atoms with Gasteiger partial charge in [-0.2, -0.15) is 0 Å². The minimum absolute atomic E-state index is 0.673. The minimum Gasteiger partial charge on any atom is -0.358 e. The van der Waals surface area contributed by atoms with E-state index in [4.69, 9.17) is 11.6 Å². The molecule has 3 heteroatoms. The summed E-state index contributed by atoms with van der Waals surface area (Å²) in [5.41, 5.74) is 2.39. The molecule has 0 spiro atoms. The number of carbonyl (C=O) groups excluding carboxylic acids is 1. The maximum Gasteiger partial charge on any atom is 0.207 e. The van der Waals surface area contributed by atoms with Crippen molar-refractivity contribution in [2.24, 2.45) is 0 Å². The molecule has 0 aliphatic rings. The standard InChI is InChI=1S/C10H12ClNO/c1-8-6-10(11)3-2-9(8)4-5-12-7-13/h2-3,6-7H,4-5H2,1H3,(H,12,13). The average Bonchev–Trinajstić information content (AvgIpc) is 2.09. The van der Waals surface area contributed by atoms with Crippen molar-refractivity contribution < 1.29 is 4.79 Å². The smallest absolute Gasteiger partial charge is 0.207 e. The Kier molecular flexibility index (Phi) is 3.77. The predicted molar refractivity (Wildman–Crippen MR) is 54.0 cm³/mol. The predicted octanol–water partition coefficient (Wildman–Crippen LogP) is 1.94. The molecule has 0 atom stereocenters. The number of hydrogen-bond acceptors (Lipinski definition) is 1. The minimum atomic E-state index is 0.673. The zero-order chi connectivity index (χ0) is 9.68. The van der Waals surface area contributed by atoms with Crippen LogP contribution < -0.4 is 5.32 Å². The number of carbonyl (C=O) groups is 1. The fourth-order valence-electron chi connectivity index (χ4n) is 1.21. The second kappa shape index (κ2) is 4.87. The SMILES string of the molecule is Cc1cc(Cl)ccc1CCNC=O. The van der Waals surface area contributed by atoms with Crippen molar-refractivity contribution in [1.82, 2.24) is 5.32 Å². The Morgan fingerprint density at radius 3 is 2.92 bits per heavy atom. The van der Waals surface area contributed by atoms with Gasteiger partial charge >= 0.3 is 0 Å². The Morgan fingerprint density at radius 2 is 2.31 bits per heavy atom. The second-order valence-corrected chi connectivity index (χ2v) is 3.33. The number of hydrogen-bond donors (Lipinski definition) is 1. The first-order valence-corrected chi connectivity index (χ1v) is 4.54. The van der Waals surface area contributed by atoms with Gasteiger partial charge in [0, 0.05) is 11.6 Å². The van der Waals surface area contributed by atoms with Gasteiger partial charge in [0.15, 0.2) is 0 Å². The molecule has 1 N–H and O–H groups in total. The van der Waals surface area contributed by atoms with Crippen molar-refractivity contribution >= 4 is 18.0 Å². The molecule has 1 rings (SSSR count). The van der Waals surface area contributed by atoms with Gasteiger partial charge in [-0.3, -0.25) is 4.79 Å². The quantitative estimate of drug-likeness (QED) is 0.580. The molecule has 0 radical (unpaired) electrons. The Balaban J connectivity index is 2.61. The Labute approximate surface area is 82.9 Å². The first kappa shape index (κ1) is 10.1. The average molecular weight is 198 g/mol. The van der Waals surface area contributed by atoms with Crippen LogP contribution in [0.2, 0.25) is 5.02 Å². The molecule has 0 heterocycles. The second-order valence-electron chi connectivity index (χ2n) is 2.89. The monoisotopic (exact) mass is 197 g/mol. The van der Waals surface area contributed by atoms with Gasteiger partial charge in [0.25, 0.3) is 0 Å². The van der Waals surface area contributed by atoms with Crippen molar-refractivity contribution in [3.05, 3.63) is 34.3 Å². The molecule has 1 aromatic rings. The molecule has 0 saturated heterocycles. The first-order chi connectivity index (χ1) is 6.24. The molecule has 0 saturated carbocycles. The molecule has 2 nitrogen and oxygen atoms in total. The zero-order valence-electron chi connectivity index (χ0n) is 7.51. The van der Waals surface area contributed by atoms with Crippen LogP contribution in [0.5, 0.6) is 0 Å². The molecule has 1 amide bonds. The summed E-state index contributed by atoms with van der Waals surface area (Å²) < 4.78 is 0. The van der Waals surface area contributed by atoms with Gasteiger partial charge in [-0.05, 0) is 36.6 Å². The van der Waals surface area contributed by atoms with Crippen LogP contribution in [-0.2, 0) is 11.2 Å². The zero-order valence-corrected chi connectivity index (χ0v) is 8.27. The number of nitrogens with one attached hydrogen (secondary N) is 1. The fourth-order valence-corrected chi connectivity index (χ4v) is 1.43. The topological polar surface area (TPSA) is 29.1 Å². The Hall–Kier alpha value is -1.02. The van der Waals surface area contributed by atoms with E-state index in [-0.39, 0.29) is 0 Å². The van der Waals surface area contributed by atoms with Crippen LogP contribution in [0.15, 0.2) is 18.2 Å². The van der Waals surface area contributed by atoms with Crippen molar-refractivity contribution in [3.63, 3.8) is 0 Å². The summed E-state index contributed by atoms with van der Waals surface area (Å²) in [6, 6.07) is 5.78. The lowest BCUT2D eigenvalue weighted by molar-refractivity contribution is -0.109. The lowest BCUT2D eigenvalue weighted by atomic mass is 10.1. The summed E-state index contributed by atoms with van der Waals surface area (Å²) in [6.45, 7) is 2.69. The number of halogens is 1. The number of benzene rings is 1. The molecule has 13 heavy (non-hydrogen) atoms. The van der Waals surface area contributed by atoms with Crippen LogP contribution in [-0.4, -0.2) is 13.0 Å². The molecule has 0 aromatic heterocycles. The lowest BCUT2D eigenvalue weighted by Crippen LogP contribution is -2.14. The van der Waals surface area contributed by atoms with E-state index >= 15 is 0 Å². The summed E-state index contributed by atoms with van der Waals surface area (Å²) in [5.74, 6) is 0. The highest BCUT2D eigenvalue weighted by Crippen LogP contribution is 2.15. The summed E-state index contributed by atoms with van der Waals surface area (Å²) in [5, 5.41) is 3.38. The summed E-state index contributed by atoms with van der Waals surface area (Å²) in [6.07, 6.45) is 1.56. The highest BCUT2D eigenvalue weighted by molar-refractivity contribution is 6.30. The van der Waals surface area contributed by atoms with Crippen molar-refractivity contribution in [3.8, 4) is 0 Å². The summed E-state index contributed by atoms with van der Waals surface area (Å²) >= 11 is 5.81. The maximum absolute atomic E-state index is 10.0. The van der Waals surface area contributed by atoms with E-state index in [9.17, 15) is 4.79 Å². The van der Waals surface area contributed by atoms with Crippen LogP contribution in [0, 0.1) is 6.92 Å². The van der Waals surface area contributed by atoms with Gasteiger partial charge < -0.3 is 5.32 Å². The molecule has 70 valence electrons. The van der Waals surface area contributed by atoms with Crippen LogP contribution in [0.25, 0.3) is 0 Å². The lowest BCUT2D eigenvalue weighted by Gasteiger charge is -2.05. The van der Waals surface area contributed by atoms with Gasteiger partial charge in [0.1, 0.15) is 0 Å². The molecular weight excluding hydrogens is 186 g/mol. The van der Waals surface area contributed by atoms with E-state index in [1.807, 2.05) is 25.1 Å². The van der Waals surface area contributed by atoms with Gasteiger partial charge in [-0.25, -0.2) is 0 Å². The number of amides is 1. The van der Waals surface area contributed by atoms with Crippen LogP contribution in [0.4, 0.5) is 0 Å². The molecule has 0 bridgehead atoms. The highest BCUT2D eigenvalue weighted by atomic mass is 35.5. The number of rotatable bonds is 4. The normalized spacial score (nSPS) is 9.69. The van der Waals surface area contributed by atoms with Gasteiger partial charge in [0.05, 0.1) is 0 Å². The van der Waals surface area contributed by atoms with E-state index in [0.29, 0.717) is 13.0 Å². The largest absolute Gasteiger partial charge is 0.358 e. The third kappa shape index (κ3) is 3.07. The Morgan fingerprint density at radius 1 is 1.54 bits per heavy atom. The number of aryl methyl sites for hydroxylation is 1. The summed E-state index contributed by atoms with van der Waals surface area (Å²) in [7, 11) is 0. The molecule has 0 fully saturated rings. The maximum atomic E-state index is 10.0. The molecule has 1 aromatic carbocycles. The van der Waals surface area contributed by atoms with E-state index in [2.05, 4.69) is 5.32 Å². The van der Waals surface area contributed by atoms with Crippen LogP contribution in [0.1, 0.15) is 11.1 Å². The van der Waals surface area contributed by atoms with Gasteiger partial charge in [-0.15, -0.1) is 0 Å². The molecule has 0 aliphatic heterocycles.